The number of hydrogen-bond acceptors (Lipinski definition) is 1. The van der Waals surface area contributed by atoms with E-state index in [9.17, 15) is 0 Å². The third-order valence-corrected chi connectivity index (χ3v) is 5.25. The van der Waals surface area contributed by atoms with Crippen molar-refractivity contribution in [3.63, 3.8) is 0 Å². The minimum absolute atomic E-state index is 0.191. The summed E-state index contributed by atoms with van der Waals surface area (Å²) in [5.74, 6) is 0. The van der Waals surface area contributed by atoms with Crippen LogP contribution in [0.1, 0.15) is 44.2 Å². The van der Waals surface area contributed by atoms with Crippen LogP contribution in [-0.4, -0.2) is 12.6 Å². The Kier molecular flexibility index (Phi) is 4.56. The molecule has 1 aromatic carbocycles. The fourth-order valence-electron chi connectivity index (χ4n) is 2.18. The van der Waals surface area contributed by atoms with Crippen molar-refractivity contribution < 1.29 is 0 Å². The summed E-state index contributed by atoms with van der Waals surface area (Å²) >= 11 is 7.35. The largest absolute Gasteiger partial charge is 0.314 e. The second-order valence-electron chi connectivity index (χ2n) is 5.94. The maximum Gasteiger partial charge on any atom is 0.0216 e. The Hall–Kier alpha value is 0.140. The molecule has 0 bridgehead atoms. The predicted molar refractivity (Wildman–Crippen MR) is 85.2 cm³/mol. The normalized spacial score (nSPS) is 16.1. The molecular formula is C15H21Br2N. The molecule has 3 heteroatoms. The Balaban J connectivity index is 2.09. The number of rotatable bonds is 5. The molecule has 1 aliphatic carbocycles. The second-order valence-corrected chi connectivity index (χ2v) is 7.65. The SMILES string of the molecule is Cc1cc(Br)c(C(C)(C)CCNC2CC2)cc1Br. The number of aryl methyl sites for hydroxylation is 1. The zero-order chi connectivity index (χ0) is 13.3. The molecular weight excluding hydrogens is 354 g/mol. The molecule has 18 heavy (non-hydrogen) atoms. The lowest BCUT2D eigenvalue weighted by Gasteiger charge is -2.27. The van der Waals surface area contributed by atoms with Crippen LogP contribution in [-0.2, 0) is 5.41 Å². The second kappa shape index (κ2) is 5.64. The van der Waals surface area contributed by atoms with Gasteiger partial charge in [-0.15, -0.1) is 0 Å². The highest BCUT2D eigenvalue weighted by Crippen LogP contribution is 2.36. The van der Waals surface area contributed by atoms with Crippen molar-refractivity contribution in [2.24, 2.45) is 0 Å². The van der Waals surface area contributed by atoms with Gasteiger partial charge in [0, 0.05) is 15.0 Å². The van der Waals surface area contributed by atoms with E-state index >= 15 is 0 Å². The van der Waals surface area contributed by atoms with Crippen LogP contribution in [0.3, 0.4) is 0 Å². The fraction of sp³-hybridized carbons (Fsp3) is 0.600. The van der Waals surface area contributed by atoms with Crippen LogP contribution >= 0.6 is 31.9 Å². The standard InChI is InChI=1S/C15H21Br2N/c1-10-8-14(17)12(9-13(10)16)15(2,3)6-7-18-11-4-5-11/h8-9,11,18H,4-7H2,1-3H3. The first-order valence-electron chi connectivity index (χ1n) is 6.59. The molecule has 2 rings (SSSR count). The molecule has 1 N–H and O–H groups in total. The number of hydrogen-bond donors (Lipinski definition) is 1. The van der Waals surface area contributed by atoms with Gasteiger partial charge in [0.25, 0.3) is 0 Å². The molecule has 0 spiro atoms. The number of benzene rings is 1. The summed E-state index contributed by atoms with van der Waals surface area (Å²) < 4.78 is 2.42. The number of halogens is 2. The average Bonchev–Trinajstić information content (AvgIpc) is 3.07. The van der Waals surface area contributed by atoms with Gasteiger partial charge in [-0.3, -0.25) is 0 Å². The molecule has 0 heterocycles. The van der Waals surface area contributed by atoms with Crippen molar-refractivity contribution in [3.05, 3.63) is 32.2 Å². The van der Waals surface area contributed by atoms with Gasteiger partial charge in [0.15, 0.2) is 0 Å². The van der Waals surface area contributed by atoms with Gasteiger partial charge >= 0.3 is 0 Å². The van der Waals surface area contributed by atoms with E-state index < -0.39 is 0 Å². The van der Waals surface area contributed by atoms with E-state index in [-0.39, 0.29) is 5.41 Å². The summed E-state index contributed by atoms with van der Waals surface area (Å²) in [6.07, 6.45) is 3.89. The van der Waals surface area contributed by atoms with Crippen molar-refractivity contribution >= 4 is 31.9 Å². The van der Waals surface area contributed by atoms with E-state index in [1.165, 1.54) is 32.9 Å². The van der Waals surface area contributed by atoms with Gasteiger partial charge < -0.3 is 5.32 Å². The Bertz CT molecular complexity index is 436. The summed E-state index contributed by atoms with van der Waals surface area (Å²) in [5.41, 5.74) is 2.85. The molecule has 0 aromatic heterocycles. The van der Waals surface area contributed by atoms with E-state index in [1.54, 1.807) is 0 Å². The highest BCUT2D eigenvalue weighted by molar-refractivity contribution is 9.11. The Morgan fingerprint density at radius 2 is 1.89 bits per heavy atom. The van der Waals surface area contributed by atoms with Crippen LogP contribution in [0.5, 0.6) is 0 Å². The van der Waals surface area contributed by atoms with Crippen molar-refractivity contribution in [2.75, 3.05) is 6.54 Å². The molecule has 0 radical (unpaired) electrons. The van der Waals surface area contributed by atoms with Gasteiger partial charge in [-0.05, 0) is 61.4 Å². The van der Waals surface area contributed by atoms with Crippen LogP contribution in [0.4, 0.5) is 0 Å². The average molecular weight is 375 g/mol. The fourth-order valence-corrected chi connectivity index (χ4v) is 3.51. The summed E-state index contributed by atoms with van der Waals surface area (Å²) in [6, 6.07) is 5.26. The van der Waals surface area contributed by atoms with Crippen LogP contribution in [0, 0.1) is 6.92 Å². The summed E-state index contributed by atoms with van der Waals surface area (Å²) in [7, 11) is 0. The third-order valence-electron chi connectivity index (χ3n) is 3.74. The minimum Gasteiger partial charge on any atom is -0.314 e. The first kappa shape index (κ1) is 14.5. The van der Waals surface area contributed by atoms with Crippen LogP contribution < -0.4 is 5.32 Å². The topological polar surface area (TPSA) is 12.0 Å². The first-order valence-corrected chi connectivity index (χ1v) is 8.18. The Labute approximate surface area is 127 Å². The van der Waals surface area contributed by atoms with E-state index in [1.807, 2.05) is 0 Å². The van der Waals surface area contributed by atoms with Crippen molar-refractivity contribution in [1.29, 1.82) is 0 Å². The van der Waals surface area contributed by atoms with Crippen LogP contribution in [0.2, 0.25) is 0 Å². The van der Waals surface area contributed by atoms with Crippen molar-refractivity contribution in [1.82, 2.24) is 5.32 Å². The van der Waals surface area contributed by atoms with Gasteiger partial charge in [0.1, 0.15) is 0 Å². The summed E-state index contributed by atoms with van der Waals surface area (Å²) in [4.78, 5) is 0. The van der Waals surface area contributed by atoms with Crippen LogP contribution in [0.25, 0.3) is 0 Å². The molecule has 0 unspecified atom stereocenters. The molecule has 1 aromatic rings. The van der Waals surface area contributed by atoms with Crippen molar-refractivity contribution in [3.8, 4) is 0 Å². The van der Waals surface area contributed by atoms with Gasteiger partial charge in [-0.25, -0.2) is 0 Å². The van der Waals surface area contributed by atoms with Gasteiger partial charge in [0.05, 0.1) is 0 Å². The Morgan fingerprint density at radius 3 is 2.50 bits per heavy atom. The van der Waals surface area contributed by atoms with E-state index in [0.717, 1.165) is 19.0 Å². The summed E-state index contributed by atoms with van der Waals surface area (Å²) in [5, 5.41) is 3.60. The maximum absolute atomic E-state index is 3.71. The quantitative estimate of drug-likeness (QED) is 0.769. The van der Waals surface area contributed by atoms with E-state index in [4.69, 9.17) is 0 Å². The molecule has 1 fully saturated rings. The van der Waals surface area contributed by atoms with Gasteiger partial charge in [-0.2, -0.15) is 0 Å². The van der Waals surface area contributed by atoms with E-state index in [0.29, 0.717) is 0 Å². The predicted octanol–water partition coefficient (Wildman–Crippen LogP) is 4.94. The van der Waals surface area contributed by atoms with E-state index in [2.05, 4.69) is 70.1 Å². The molecule has 1 nitrogen and oxygen atoms in total. The highest BCUT2D eigenvalue weighted by Gasteiger charge is 2.26. The number of nitrogens with one attached hydrogen (secondary N) is 1. The lowest BCUT2D eigenvalue weighted by Crippen LogP contribution is -2.27. The van der Waals surface area contributed by atoms with Gasteiger partial charge in [0.2, 0.25) is 0 Å². The monoisotopic (exact) mass is 373 g/mol. The molecule has 1 aliphatic rings. The molecule has 0 atom stereocenters. The molecule has 0 amide bonds. The Morgan fingerprint density at radius 1 is 1.22 bits per heavy atom. The van der Waals surface area contributed by atoms with Gasteiger partial charge in [-0.1, -0.05) is 45.7 Å². The highest BCUT2D eigenvalue weighted by atomic mass is 79.9. The summed E-state index contributed by atoms with van der Waals surface area (Å²) in [6.45, 7) is 7.88. The zero-order valence-corrected chi connectivity index (χ0v) is 14.5. The maximum atomic E-state index is 3.71. The lowest BCUT2D eigenvalue weighted by atomic mass is 9.81. The van der Waals surface area contributed by atoms with Crippen molar-refractivity contribution in [2.45, 2.75) is 51.5 Å². The smallest absolute Gasteiger partial charge is 0.0216 e. The zero-order valence-electron chi connectivity index (χ0n) is 11.3. The lowest BCUT2D eigenvalue weighted by molar-refractivity contribution is 0.454. The molecule has 100 valence electrons. The third kappa shape index (κ3) is 3.58. The first-order chi connectivity index (χ1) is 8.40. The molecule has 0 aliphatic heterocycles. The molecule has 0 saturated heterocycles. The van der Waals surface area contributed by atoms with Crippen LogP contribution in [0.15, 0.2) is 21.1 Å². The minimum atomic E-state index is 0.191. The molecule has 1 saturated carbocycles.